The van der Waals surface area contributed by atoms with Crippen LogP contribution in [0.25, 0.3) is 0 Å². The molecule has 0 amide bonds. The Bertz CT molecular complexity index is 480. The molecule has 8 heteroatoms. The van der Waals surface area contributed by atoms with Crippen LogP contribution < -0.4 is 11.5 Å². The summed E-state index contributed by atoms with van der Waals surface area (Å²) >= 11 is 0. The molecule has 0 spiro atoms. The number of hydrogen-bond donors (Lipinski definition) is 3. The topological polar surface area (TPSA) is 132 Å². The zero-order valence-corrected chi connectivity index (χ0v) is 10.5. The number of nitrogens with two attached hydrogens (primary N) is 2. The molecular formula is C10H15N3O4P. The minimum Gasteiger partial charge on any atom is -0.343 e. The predicted octanol–water partition coefficient (Wildman–Crippen LogP) is 1.33. The molecule has 0 bridgehead atoms. The molecular weight excluding hydrogens is 257 g/mol. The van der Waals surface area contributed by atoms with Gasteiger partial charge in [-0.15, -0.1) is 0 Å². The van der Waals surface area contributed by atoms with Crippen LogP contribution in [0.3, 0.4) is 0 Å². The van der Waals surface area contributed by atoms with E-state index in [0.29, 0.717) is 0 Å². The van der Waals surface area contributed by atoms with E-state index in [1.165, 1.54) is 30.8 Å². The summed E-state index contributed by atoms with van der Waals surface area (Å²) in [5.41, 5.74) is 11.0. The fourth-order valence-corrected chi connectivity index (χ4v) is 2.88. The highest BCUT2D eigenvalue weighted by atomic mass is 31.2. The van der Waals surface area contributed by atoms with E-state index >= 15 is 0 Å². The number of nitrogens with zero attached hydrogens (tertiary/aromatic N) is 1. The van der Waals surface area contributed by atoms with Crippen LogP contribution in [-0.2, 0) is 4.57 Å². The van der Waals surface area contributed by atoms with E-state index in [2.05, 4.69) is 0 Å². The quantitative estimate of drug-likeness (QED) is 0.406. The molecule has 1 rings (SSSR count). The molecule has 1 aromatic carbocycles. The summed E-state index contributed by atoms with van der Waals surface area (Å²) in [7, 11) is -3.63. The first kappa shape index (κ1) is 14.8. The Morgan fingerprint density at radius 1 is 1.56 bits per heavy atom. The molecule has 0 heterocycles. The lowest BCUT2D eigenvalue weighted by Gasteiger charge is -2.19. The first-order valence-corrected chi connectivity index (χ1v) is 7.14. The lowest BCUT2D eigenvalue weighted by Crippen LogP contribution is -2.13. The summed E-state index contributed by atoms with van der Waals surface area (Å²) in [5, 5.41) is 10.6. The highest BCUT2D eigenvalue weighted by Gasteiger charge is 2.29. The lowest BCUT2D eigenvalue weighted by atomic mass is 10.2. The Kier molecular flexibility index (Phi) is 4.98. The van der Waals surface area contributed by atoms with Crippen molar-refractivity contribution in [2.75, 3.05) is 6.16 Å². The SMILES string of the molecule is N[CH]CCP(=O)(O)C(N)c1cccc([N+](=O)[O-])c1. The molecule has 0 saturated carbocycles. The van der Waals surface area contributed by atoms with Crippen LogP contribution in [0, 0.1) is 16.7 Å². The fraction of sp³-hybridized carbons (Fsp3) is 0.300. The van der Waals surface area contributed by atoms with E-state index in [9.17, 15) is 19.6 Å². The van der Waals surface area contributed by atoms with Gasteiger partial charge in [-0.05, 0) is 12.0 Å². The Labute approximate surface area is 104 Å². The standard InChI is InChI=1S/C10H15N3O4P/c11-5-2-6-18(16,17)10(12)8-3-1-4-9(7-8)13(14)15/h1,3-5,7,10H,2,6,11-12H2,(H,16,17). The van der Waals surface area contributed by atoms with Gasteiger partial charge in [-0.3, -0.25) is 14.7 Å². The predicted molar refractivity (Wildman–Crippen MR) is 67.8 cm³/mol. The first-order valence-electron chi connectivity index (χ1n) is 5.23. The van der Waals surface area contributed by atoms with Gasteiger partial charge < -0.3 is 16.4 Å². The van der Waals surface area contributed by atoms with E-state index in [1.807, 2.05) is 0 Å². The van der Waals surface area contributed by atoms with Gasteiger partial charge in [0.25, 0.3) is 5.69 Å². The van der Waals surface area contributed by atoms with Crippen LogP contribution in [0.1, 0.15) is 17.8 Å². The number of nitro groups is 1. The van der Waals surface area contributed by atoms with Gasteiger partial charge in [0.1, 0.15) is 5.78 Å². The zero-order valence-electron chi connectivity index (χ0n) is 9.60. The summed E-state index contributed by atoms with van der Waals surface area (Å²) in [6.07, 6.45) is 0.212. The number of benzene rings is 1. The van der Waals surface area contributed by atoms with E-state index < -0.39 is 18.1 Å². The molecule has 0 aromatic heterocycles. The second-order valence-corrected chi connectivity index (χ2v) is 6.32. The largest absolute Gasteiger partial charge is 0.343 e. The molecule has 0 fully saturated rings. The molecule has 2 unspecified atom stereocenters. The highest BCUT2D eigenvalue weighted by molar-refractivity contribution is 7.58. The van der Waals surface area contributed by atoms with Gasteiger partial charge in [0, 0.05) is 24.8 Å². The summed E-state index contributed by atoms with van der Waals surface area (Å²) < 4.78 is 11.9. The van der Waals surface area contributed by atoms with Crippen molar-refractivity contribution < 1.29 is 14.4 Å². The van der Waals surface area contributed by atoms with Crippen molar-refractivity contribution in [2.24, 2.45) is 11.5 Å². The smallest absolute Gasteiger partial charge is 0.269 e. The monoisotopic (exact) mass is 272 g/mol. The fourth-order valence-electron chi connectivity index (χ4n) is 1.45. The Balaban J connectivity index is 2.96. The molecule has 0 aliphatic rings. The second kappa shape index (κ2) is 6.06. The molecule has 1 aromatic rings. The van der Waals surface area contributed by atoms with Gasteiger partial charge in [-0.25, -0.2) is 0 Å². The summed E-state index contributed by atoms with van der Waals surface area (Å²) in [6, 6.07) is 5.43. The maximum absolute atomic E-state index is 11.9. The van der Waals surface area contributed by atoms with Crippen molar-refractivity contribution in [1.29, 1.82) is 0 Å². The van der Waals surface area contributed by atoms with Gasteiger partial charge >= 0.3 is 0 Å². The molecule has 5 N–H and O–H groups in total. The average molecular weight is 272 g/mol. The van der Waals surface area contributed by atoms with Crippen LogP contribution in [0.2, 0.25) is 0 Å². The lowest BCUT2D eigenvalue weighted by molar-refractivity contribution is -0.384. The first-order chi connectivity index (χ1) is 8.38. The van der Waals surface area contributed by atoms with Crippen molar-refractivity contribution in [3.8, 4) is 0 Å². The Hall–Kier alpha value is -1.27. The maximum Gasteiger partial charge on any atom is 0.269 e. The van der Waals surface area contributed by atoms with Gasteiger partial charge in [0.15, 0.2) is 0 Å². The second-order valence-electron chi connectivity index (χ2n) is 3.80. The minimum absolute atomic E-state index is 0.0483. The van der Waals surface area contributed by atoms with Crippen molar-refractivity contribution in [3.63, 3.8) is 0 Å². The summed E-state index contributed by atoms with van der Waals surface area (Å²) in [6.45, 7) is 1.28. The number of non-ortho nitro benzene ring substituents is 1. The number of hydrogen-bond acceptors (Lipinski definition) is 5. The van der Waals surface area contributed by atoms with Gasteiger partial charge in [0.2, 0.25) is 7.37 Å². The number of rotatable bonds is 6. The molecule has 99 valence electrons. The third kappa shape index (κ3) is 3.61. The molecule has 7 nitrogen and oxygen atoms in total. The van der Waals surface area contributed by atoms with Crippen molar-refractivity contribution in [1.82, 2.24) is 0 Å². The Morgan fingerprint density at radius 2 is 2.22 bits per heavy atom. The molecule has 0 aliphatic carbocycles. The summed E-state index contributed by atoms with van der Waals surface area (Å²) in [5.74, 6) is -1.14. The molecule has 1 radical (unpaired) electrons. The molecule has 18 heavy (non-hydrogen) atoms. The maximum atomic E-state index is 11.9. The molecule has 0 saturated heterocycles. The highest BCUT2D eigenvalue weighted by Crippen LogP contribution is 2.53. The van der Waals surface area contributed by atoms with E-state index in [1.54, 1.807) is 0 Å². The van der Waals surface area contributed by atoms with Crippen molar-refractivity contribution in [2.45, 2.75) is 12.2 Å². The van der Waals surface area contributed by atoms with E-state index in [-0.39, 0.29) is 23.8 Å². The third-order valence-electron chi connectivity index (χ3n) is 2.47. The van der Waals surface area contributed by atoms with Crippen LogP contribution in [0.4, 0.5) is 5.69 Å². The van der Waals surface area contributed by atoms with E-state index in [4.69, 9.17) is 11.5 Å². The van der Waals surface area contributed by atoms with E-state index in [0.717, 1.165) is 0 Å². The van der Waals surface area contributed by atoms with Crippen LogP contribution in [-0.4, -0.2) is 16.0 Å². The van der Waals surface area contributed by atoms with Gasteiger partial charge in [0.05, 0.1) is 4.92 Å². The zero-order chi connectivity index (χ0) is 13.8. The van der Waals surface area contributed by atoms with Gasteiger partial charge in [-0.1, -0.05) is 12.1 Å². The summed E-state index contributed by atoms with van der Waals surface area (Å²) in [4.78, 5) is 19.8. The van der Waals surface area contributed by atoms with Crippen LogP contribution >= 0.6 is 7.37 Å². The van der Waals surface area contributed by atoms with Crippen molar-refractivity contribution in [3.05, 3.63) is 46.5 Å². The normalized spacial score (nSPS) is 15.9. The third-order valence-corrected chi connectivity index (χ3v) is 4.54. The van der Waals surface area contributed by atoms with Crippen LogP contribution in [0.15, 0.2) is 24.3 Å². The Morgan fingerprint density at radius 3 is 2.78 bits per heavy atom. The van der Waals surface area contributed by atoms with Gasteiger partial charge in [-0.2, -0.15) is 0 Å². The van der Waals surface area contributed by atoms with Crippen molar-refractivity contribution >= 4 is 13.1 Å². The molecule has 0 aliphatic heterocycles. The van der Waals surface area contributed by atoms with Crippen LogP contribution in [0.5, 0.6) is 0 Å². The number of nitro benzene ring substituents is 1. The molecule has 2 atom stereocenters. The minimum atomic E-state index is -3.63. The average Bonchev–Trinajstić information content (AvgIpc) is 2.35.